The maximum atomic E-state index is 14.1. The number of aryl methyl sites for hydroxylation is 14. The second-order valence-corrected chi connectivity index (χ2v) is 29.2. The van der Waals surface area contributed by atoms with Gasteiger partial charge < -0.3 is 51.7 Å². The monoisotopic (exact) mass is 1460 g/mol. The fraction of sp³-hybridized carbons (Fsp3) is 0.170. The smallest absolute Gasteiger partial charge is 0.343 e. The van der Waals surface area contributed by atoms with Gasteiger partial charge in [0.1, 0.15) is 28.7 Å². The molecule has 0 unspecified atom stereocenters. The lowest BCUT2D eigenvalue weighted by atomic mass is 9.66. The molecular formula is C94H84N4O12. The van der Waals surface area contributed by atoms with E-state index in [0.29, 0.717) is 57.6 Å². The summed E-state index contributed by atoms with van der Waals surface area (Å²) in [5.41, 5.74) is 51.6. The Morgan fingerprint density at radius 1 is 0.291 bits per heavy atom. The van der Waals surface area contributed by atoms with Crippen molar-refractivity contribution < 1.29 is 57.6 Å². The normalized spacial score (nSPS) is 12.5. The molecule has 0 heterocycles. The number of rotatable bonds is 15. The van der Waals surface area contributed by atoms with Gasteiger partial charge in [0, 0.05) is 22.7 Å². The minimum atomic E-state index is -1.10. The molecule has 0 atom stereocenters. The maximum Gasteiger partial charge on any atom is 0.343 e. The zero-order valence-corrected chi connectivity index (χ0v) is 63.8. The molecule has 0 bridgehead atoms. The fourth-order valence-corrected chi connectivity index (χ4v) is 16.1. The number of hydrogen-bond acceptors (Lipinski definition) is 15. The summed E-state index contributed by atoms with van der Waals surface area (Å²) >= 11 is 0. The second kappa shape index (κ2) is 29.1. The van der Waals surface area contributed by atoms with E-state index in [1.54, 1.807) is 12.1 Å². The van der Waals surface area contributed by atoms with E-state index < -0.39 is 40.7 Å². The third-order valence-electron chi connectivity index (χ3n) is 21.5. The van der Waals surface area contributed by atoms with Gasteiger partial charge in [-0.2, -0.15) is 0 Å². The van der Waals surface area contributed by atoms with Crippen LogP contribution in [0.4, 0.5) is 22.7 Å². The van der Waals surface area contributed by atoms with E-state index in [0.717, 1.165) is 145 Å². The predicted molar refractivity (Wildman–Crippen MR) is 431 cm³/mol. The van der Waals surface area contributed by atoms with Crippen LogP contribution < -0.4 is 46.6 Å². The lowest BCUT2D eigenvalue weighted by Gasteiger charge is -2.35. The summed E-state index contributed by atoms with van der Waals surface area (Å²) < 4.78 is 28.7. The Morgan fingerprint density at radius 2 is 0.518 bits per heavy atom. The maximum absolute atomic E-state index is 14.1. The minimum absolute atomic E-state index is 0.0633. The second-order valence-electron chi connectivity index (χ2n) is 29.2. The van der Waals surface area contributed by atoms with Crippen LogP contribution in [0.3, 0.4) is 0 Å². The fourth-order valence-electron chi connectivity index (χ4n) is 16.1. The van der Waals surface area contributed by atoms with Crippen LogP contribution in [0.1, 0.15) is 174 Å². The first-order valence-corrected chi connectivity index (χ1v) is 36.0. The summed E-state index contributed by atoms with van der Waals surface area (Å²) in [6.07, 6.45) is 0. The summed E-state index contributed by atoms with van der Waals surface area (Å²) in [5.74, 6) is -1.38. The molecule has 0 spiro atoms. The van der Waals surface area contributed by atoms with Crippen molar-refractivity contribution in [3.63, 3.8) is 0 Å². The molecule has 0 aromatic heterocycles. The average molecular weight is 1460 g/mol. The molecular weight excluding hydrogens is 1380 g/mol. The first kappa shape index (κ1) is 74.9. The number of carbonyl (C=O) groups is 6. The van der Waals surface area contributed by atoms with Crippen molar-refractivity contribution in [1.82, 2.24) is 0 Å². The van der Waals surface area contributed by atoms with Gasteiger partial charge in [-0.15, -0.1) is 0 Å². The van der Waals surface area contributed by atoms with E-state index in [1.807, 2.05) is 206 Å². The number of carbonyl (C=O) groups excluding carboxylic acids is 5. The highest BCUT2D eigenvalue weighted by Gasteiger charge is 2.50. The van der Waals surface area contributed by atoms with Gasteiger partial charge in [-0.05, 0) is 328 Å². The van der Waals surface area contributed by atoms with E-state index in [2.05, 4.69) is 24.3 Å². The summed E-state index contributed by atoms with van der Waals surface area (Å²) in [6, 6.07) is 58.7. The molecule has 2 aliphatic rings. The first-order chi connectivity index (χ1) is 52.3. The van der Waals surface area contributed by atoms with E-state index in [4.69, 9.17) is 46.6 Å². The van der Waals surface area contributed by atoms with E-state index in [1.165, 1.54) is 48.5 Å². The number of anilines is 4. The topological polar surface area (TPSA) is 273 Å². The van der Waals surface area contributed by atoms with Crippen molar-refractivity contribution in [2.24, 2.45) is 0 Å². The first-order valence-electron chi connectivity index (χ1n) is 36.0. The van der Waals surface area contributed by atoms with Crippen molar-refractivity contribution >= 4 is 59.1 Å². The number of aromatic carboxylic acids is 1. The van der Waals surface area contributed by atoms with E-state index in [9.17, 15) is 33.9 Å². The zero-order chi connectivity index (χ0) is 78.9. The molecule has 16 nitrogen and oxygen atoms in total. The molecule has 552 valence electrons. The summed E-state index contributed by atoms with van der Waals surface area (Å²) in [4.78, 5) is 78.1. The SMILES string of the molecule is Cc1cc(C)c(OC(=O)c2ccc3c(c2)C(c2cc(C)c(N)c(C)c2)(c2cc(C)c(N)c(C)c2)c2cc(C(=O)Oc4c(C)cc(C)cc4C)ccc2-3)c(C)c1.Cc1cc(C2(c3cc(C)c(N)c(C)c3)c3cc(C(=O)Oc4ccc(OC=O)cc4)ccc3-c3ccc(C(=O)Oc4ccc(C(=O)O)cc4)cc32)cc(C)c1N. The summed E-state index contributed by atoms with van der Waals surface area (Å²) in [5, 5.41) is 9.31. The average Bonchev–Trinajstić information content (AvgIpc) is 1.53. The third-order valence-corrected chi connectivity index (χ3v) is 21.5. The number of nitrogen functional groups attached to an aromatic ring is 4. The molecule has 0 saturated carbocycles. The molecule has 0 aliphatic heterocycles. The largest absolute Gasteiger partial charge is 0.478 e. The van der Waals surface area contributed by atoms with Crippen LogP contribution in [0.2, 0.25) is 0 Å². The quantitative estimate of drug-likeness (QED) is 0.0276. The number of esters is 4. The molecule has 12 aromatic carbocycles. The molecule has 0 fully saturated rings. The number of ether oxygens (including phenoxy) is 5. The van der Waals surface area contributed by atoms with Gasteiger partial charge in [-0.3, -0.25) is 4.79 Å². The molecule has 12 aromatic rings. The van der Waals surface area contributed by atoms with Crippen LogP contribution in [-0.4, -0.2) is 41.4 Å². The molecule has 9 N–H and O–H groups in total. The Bertz CT molecular complexity index is 5510. The standard InChI is InChI=1S/C49H48N2O4.C45H36N2O8/c1-25-15-31(7)45(32(8)16-25)54-47(52)35-11-13-39-40-14-12-36(48(53)55-46-33(9)17-26(2)18-34(46)10)24-42(40)49(41(39)23-35,37-19-27(3)43(50)28(4)20-37)38-21-29(5)44(51)30(6)22-38;1-24-17-31(18-25(2)40(24)46)45(32-19-26(3)41(47)27(4)20-32)38-21-29(43(51)54-34-9-5-28(6-10-34)42(49)50)7-15-36(38)37-16-8-30(22-39(37)45)44(52)55-35-13-11-33(12-14-35)53-23-48/h11-24H,50-51H2,1-10H3;5-23H,46-47H2,1-4H3,(H,49,50). The Kier molecular flexibility index (Phi) is 19.8. The van der Waals surface area contributed by atoms with Gasteiger partial charge in [0.25, 0.3) is 6.47 Å². The van der Waals surface area contributed by atoms with Crippen molar-refractivity contribution in [3.05, 3.63) is 344 Å². The Labute approximate surface area is 639 Å². The van der Waals surface area contributed by atoms with Crippen LogP contribution >= 0.6 is 0 Å². The van der Waals surface area contributed by atoms with Gasteiger partial charge in [0.2, 0.25) is 0 Å². The van der Waals surface area contributed by atoms with Crippen LogP contribution in [0.25, 0.3) is 22.3 Å². The predicted octanol–water partition coefficient (Wildman–Crippen LogP) is 18.9. The van der Waals surface area contributed by atoms with Crippen LogP contribution in [-0.2, 0) is 15.6 Å². The van der Waals surface area contributed by atoms with Gasteiger partial charge >= 0.3 is 29.8 Å². The zero-order valence-electron chi connectivity index (χ0n) is 63.8. The van der Waals surface area contributed by atoms with E-state index >= 15 is 0 Å². The number of nitrogens with two attached hydrogens (primary N) is 4. The van der Waals surface area contributed by atoms with Gasteiger partial charge in [0.05, 0.1) is 38.6 Å². The Morgan fingerprint density at radius 3 is 0.764 bits per heavy atom. The lowest BCUT2D eigenvalue weighted by molar-refractivity contribution is -0.120. The molecule has 110 heavy (non-hydrogen) atoms. The molecule has 0 amide bonds. The molecule has 0 radical (unpaired) electrons. The minimum Gasteiger partial charge on any atom is -0.478 e. The Balaban J connectivity index is 0.000000193. The highest BCUT2D eigenvalue weighted by molar-refractivity contribution is 6.00. The van der Waals surface area contributed by atoms with Crippen LogP contribution in [0.15, 0.2) is 194 Å². The highest BCUT2D eigenvalue weighted by Crippen LogP contribution is 2.60. The van der Waals surface area contributed by atoms with Crippen molar-refractivity contribution in [2.75, 3.05) is 22.9 Å². The Hall–Kier alpha value is -13.3. The highest BCUT2D eigenvalue weighted by atomic mass is 16.6. The van der Waals surface area contributed by atoms with Gasteiger partial charge in [-0.1, -0.05) is 108 Å². The van der Waals surface area contributed by atoms with E-state index in [-0.39, 0.29) is 28.2 Å². The number of fused-ring (bicyclic) bond motifs is 6. The number of carboxylic acid groups (broad SMARTS) is 1. The summed E-state index contributed by atoms with van der Waals surface area (Å²) in [7, 11) is 0. The van der Waals surface area contributed by atoms with Crippen molar-refractivity contribution in [2.45, 2.75) is 108 Å². The lowest BCUT2D eigenvalue weighted by Crippen LogP contribution is -2.30. The van der Waals surface area contributed by atoms with Crippen molar-refractivity contribution in [1.29, 1.82) is 0 Å². The number of carboxylic acids is 1. The molecule has 0 saturated heterocycles. The molecule has 16 heteroatoms. The van der Waals surface area contributed by atoms with Gasteiger partial charge in [-0.25, -0.2) is 24.0 Å². The number of hydrogen-bond donors (Lipinski definition) is 5. The number of benzene rings is 12. The third kappa shape index (κ3) is 13.3. The van der Waals surface area contributed by atoms with Crippen LogP contribution in [0.5, 0.6) is 28.7 Å². The van der Waals surface area contributed by atoms with Crippen molar-refractivity contribution in [3.8, 4) is 51.0 Å². The molecule has 14 rings (SSSR count). The summed E-state index contributed by atoms with van der Waals surface area (Å²) in [6.45, 7) is 28.0. The van der Waals surface area contributed by atoms with Crippen LogP contribution in [0, 0.1) is 96.9 Å². The van der Waals surface area contributed by atoms with Gasteiger partial charge in [0.15, 0.2) is 0 Å². The molecule has 2 aliphatic carbocycles.